The minimum Gasteiger partial charge on any atom is -0.426 e. The highest BCUT2D eigenvalue weighted by atomic mass is 35.5. The molecule has 1 saturated carbocycles. The molecule has 1 fully saturated rings. The van der Waals surface area contributed by atoms with Crippen molar-refractivity contribution in [2.24, 2.45) is 11.8 Å². The van der Waals surface area contributed by atoms with Crippen LogP contribution in [-0.4, -0.2) is 11.8 Å². The number of benzene rings is 2. The Bertz CT molecular complexity index is 693. The highest BCUT2D eigenvalue weighted by Gasteiger charge is 2.30. The predicted octanol–water partition coefficient (Wildman–Crippen LogP) is 5.52. The van der Waals surface area contributed by atoms with Crippen LogP contribution in [0.25, 0.3) is 0 Å². The molecule has 1 aliphatic carbocycles. The van der Waals surface area contributed by atoms with Crippen molar-refractivity contribution in [3.8, 4) is 5.75 Å². The van der Waals surface area contributed by atoms with Gasteiger partial charge in [0, 0.05) is 22.4 Å². The lowest BCUT2D eigenvalue weighted by Crippen LogP contribution is -2.29. The van der Waals surface area contributed by atoms with Gasteiger partial charge in [0.2, 0.25) is 0 Å². The number of ketones is 1. The first-order chi connectivity index (χ1) is 12.5. The first-order valence-electron chi connectivity index (χ1n) is 8.75. The van der Waals surface area contributed by atoms with Gasteiger partial charge in [0.25, 0.3) is 0 Å². The lowest BCUT2D eigenvalue weighted by atomic mass is 9.79. The minimum atomic E-state index is -0.226. The van der Waals surface area contributed by atoms with Crippen LogP contribution in [0.15, 0.2) is 48.5 Å². The molecule has 0 aromatic heterocycles. The number of hydrogen-bond acceptors (Lipinski definition) is 3. The summed E-state index contributed by atoms with van der Waals surface area (Å²) in [4.78, 5) is 24.8. The standard InChI is InChI=1S/C21H20Cl2O3/c22-17-7-1-14(2-8-17)13-20(24)15-3-5-16(6-4-15)21(25)26-19-11-9-18(23)10-12-19/h1-2,7-12,15-16H,3-6,13H2. The van der Waals surface area contributed by atoms with Gasteiger partial charge in [-0.2, -0.15) is 0 Å². The molecule has 0 amide bonds. The molecule has 5 heteroatoms. The van der Waals surface area contributed by atoms with E-state index in [9.17, 15) is 9.59 Å². The van der Waals surface area contributed by atoms with Crippen molar-refractivity contribution in [1.82, 2.24) is 0 Å². The second-order valence-electron chi connectivity index (χ2n) is 6.69. The van der Waals surface area contributed by atoms with Crippen molar-refractivity contribution < 1.29 is 14.3 Å². The summed E-state index contributed by atoms with van der Waals surface area (Å²) in [6.45, 7) is 0. The zero-order valence-electron chi connectivity index (χ0n) is 14.3. The van der Waals surface area contributed by atoms with E-state index in [4.69, 9.17) is 27.9 Å². The van der Waals surface area contributed by atoms with E-state index in [1.807, 2.05) is 12.1 Å². The molecule has 0 aliphatic heterocycles. The Morgan fingerprint density at radius 2 is 1.31 bits per heavy atom. The second-order valence-corrected chi connectivity index (χ2v) is 7.57. The summed E-state index contributed by atoms with van der Waals surface area (Å²) < 4.78 is 5.42. The molecule has 26 heavy (non-hydrogen) atoms. The summed E-state index contributed by atoms with van der Waals surface area (Å²) in [6, 6.07) is 14.1. The number of carbonyl (C=O) groups excluding carboxylic acids is 2. The van der Waals surface area contributed by atoms with Crippen molar-refractivity contribution in [3.05, 3.63) is 64.1 Å². The van der Waals surface area contributed by atoms with Gasteiger partial charge in [-0.15, -0.1) is 0 Å². The van der Waals surface area contributed by atoms with Crippen LogP contribution in [0.4, 0.5) is 0 Å². The van der Waals surface area contributed by atoms with Crippen LogP contribution < -0.4 is 4.74 Å². The molecule has 0 N–H and O–H groups in total. The van der Waals surface area contributed by atoms with Crippen LogP contribution in [-0.2, 0) is 16.0 Å². The number of ether oxygens (including phenoxy) is 1. The Morgan fingerprint density at radius 3 is 1.88 bits per heavy atom. The Balaban J connectivity index is 1.48. The monoisotopic (exact) mass is 390 g/mol. The van der Waals surface area contributed by atoms with Crippen molar-refractivity contribution in [1.29, 1.82) is 0 Å². The van der Waals surface area contributed by atoms with Gasteiger partial charge in [-0.3, -0.25) is 9.59 Å². The molecule has 0 saturated heterocycles. The van der Waals surface area contributed by atoms with E-state index in [0.717, 1.165) is 18.4 Å². The lowest BCUT2D eigenvalue weighted by Gasteiger charge is -2.26. The summed E-state index contributed by atoms with van der Waals surface area (Å²) in [5, 5.41) is 1.27. The molecule has 3 rings (SSSR count). The summed E-state index contributed by atoms with van der Waals surface area (Å²) in [5.41, 5.74) is 0.976. The molecular formula is C21H20Cl2O3. The zero-order chi connectivity index (χ0) is 18.5. The van der Waals surface area contributed by atoms with Crippen LogP contribution in [0.1, 0.15) is 31.2 Å². The van der Waals surface area contributed by atoms with Gasteiger partial charge >= 0.3 is 5.97 Å². The molecule has 0 unspecified atom stereocenters. The van der Waals surface area contributed by atoms with Crippen LogP contribution in [0.5, 0.6) is 5.75 Å². The highest BCUT2D eigenvalue weighted by molar-refractivity contribution is 6.30. The summed E-state index contributed by atoms with van der Waals surface area (Å²) in [6.07, 6.45) is 3.24. The Hall–Kier alpha value is -1.84. The third-order valence-corrected chi connectivity index (χ3v) is 5.34. The van der Waals surface area contributed by atoms with E-state index < -0.39 is 0 Å². The van der Waals surface area contributed by atoms with Crippen LogP contribution in [0.3, 0.4) is 0 Å². The van der Waals surface area contributed by atoms with Crippen LogP contribution in [0, 0.1) is 11.8 Å². The molecule has 0 radical (unpaired) electrons. The van der Waals surface area contributed by atoms with Gasteiger partial charge in [0.1, 0.15) is 11.5 Å². The third-order valence-electron chi connectivity index (χ3n) is 4.84. The molecule has 1 aliphatic rings. The highest BCUT2D eigenvalue weighted by Crippen LogP contribution is 2.31. The fourth-order valence-electron chi connectivity index (χ4n) is 3.30. The average Bonchev–Trinajstić information content (AvgIpc) is 2.65. The van der Waals surface area contributed by atoms with Crippen molar-refractivity contribution in [3.63, 3.8) is 0 Å². The number of hydrogen-bond donors (Lipinski definition) is 0. The minimum absolute atomic E-state index is 0.0188. The molecule has 0 spiro atoms. The van der Waals surface area contributed by atoms with E-state index >= 15 is 0 Å². The van der Waals surface area contributed by atoms with Crippen molar-refractivity contribution >= 4 is 35.0 Å². The van der Waals surface area contributed by atoms with E-state index in [2.05, 4.69) is 0 Å². The lowest BCUT2D eigenvalue weighted by molar-refractivity contribution is -0.141. The maximum absolute atomic E-state index is 12.5. The largest absolute Gasteiger partial charge is 0.426 e. The molecule has 2 aromatic carbocycles. The number of carbonyl (C=O) groups is 2. The molecule has 0 heterocycles. The number of Topliss-reactive ketones (excluding diaryl/α,β-unsaturated/α-hetero) is 1. The Morgan fingerprint density at radius 1 is 0.808 bits per heavy atom. The van der Waals surface area contributed by atoms with Gasteiger partial charge in [-0.25, -0.2) is 0 Å². The average molecular weight is 391 g/mol. The van der Waals surface area contributed by atoms with Gasteiger partial charge in [-0.1, -0.05) is 35.3 Å². The number of esters is 1. The predicted molar refractivity (Wildman–Crippen MR) is 103 cm³/mol. The van der Waals surface area contributed by atoms with E-state index in [-0.39, 0.29) is 23.6 Å². The Kier molecular flexibility index (Phi) is 6.33. The molecule has 3 nitrogen and oxygen atoms in total. The fourth-order valence-corrected chi connectivity index (χ4v) is 3.55. The Labute approximate surface area is 163 Å². The maximum atomic E-state index is 12.5. The van der Waals surface area contributed by atoms with Gasteiger partial charge < -0.3 is 4.74 Å². The van der Waals surface area contributed by atoms with Gasteiger partial charge in [0.05, 0.1) is 5.92 Å². The quantitative estimate of drug-likeness (QED) is 0.498. The van der Waals surface area contributed by atoms with Crippen molar-refractivity contribution in [2.75, 3.05) is 0 Å². The molecule has 0 bridgehead atoms. The van der Waals surface area contributed by atoms with Crippen molar-refractivity contribution in [2.45, 2.75) is 32.1 Å². The smallest absolute Gasteiger partial charge is 0.314 e. The van der Waals surface area contributed by atoms with Gasteiger partial charge in [-0.05, 0) is 67.6 Å². The summed E-state index contributed by atoms with van der Waals surface area (Å²) in [5.74, 6) is 0.378. The van der Waals surface area contributed by atoms with Crippen LogP contribution >= 0.6 is 23.2 Å². The number of halogens is 2. The SMILES string of the molecule is O=C(Cc1ccc(Cl)cc1)C1CCC(C(=O)Oc2ccc(Cl)cc2)CC1. The zero-order valence-corrected chi connectivity index (χ0v) is 15.8. The third kappa shape index (κ3) is 5.09. The fraction of sp³-hybridized carbons (Fsp3) is 0.333. The molecule has 136 valence electrons. The maximum Gasteiger partial charge on any atom is 0.314 e. The molecule has 0 atom stereocenters. The van der Waals surface area contributed by atoms with Gasteiger partial charge in [0.15, 0.2) is 0 Å². The first kappa shape index (κ1) is 18.9. The molecular weight excluding hydrogens is 371 g/mol. The topological polar surface area (TPSA) is 43.4 Å². The second kappa shape index (κ2) is 8.70. The normalized spacial score (nSPS) is 19.8. The summed E-state index contributed by atoms with van der Waals surface area (Å²) >= 11 is 11.7. The van der Waals surface area contributed by atoms with Crippen LogP contribution in [0.2, 0.25) is 10.0 Å². The number of rotatable bonds is 5. The first-order valence-corrected chi connectivity index (χ1v) is 9.51. The van der Waals surface area contributed by atoms with E-state index in [1.54, 1.807) is 36.4 Å². The summed E-state index contributed by atoms with van der Waals surface area (Å²) in [7, 11) is 0. The molecule has 2 aromatic rings. The van der Waals surface area contributed by atoms with E-state index in [0.29, 0.717) is 35.1 Å². The van der Waals surface area contributed by atoms with E-state index in [1.165, 1.54) is 0 Å².